The molecule has 3 aromatic carbocycles. The predicted molar refractivity (Wildman–Crippen MR) is 105 cm³/mol. The second-order valence-electron chi connectivity index (χ2n) is 6.54. The van der Waals surface area contributed by atoms with Crippen LogP contribution in [0.15, 0.2) is 60.7 Å². The highest BCUT2D eigenvalue weighted by Crippen LogP contribution is 2.26. The van der Waals surface area contributed by atoms with Crippen LogP contribution in [0, 0.1) is 18.6 Å². The number of hydrogen-bond acceptors (Lipinski definition) is 2. The van der Waals surface area contributed by atoms with Crippen LogP contribution in [0.5, 0.6) is 0 Å². The summed E-state index contributed by atoms with van der Waals surface area (Å²) in [4.78, 5) is 16.6. The Kier molecular flexibility index (Phi) is 4.80. The lowest BCUT2D eigenvalue weighted by molar-refractivity contribution is 0.102. The smallest absolute Gasteiger partial charge is 0.258 e. The third-order valence-electron chi connectivity index (χ3n) is 4.64. The lowest BCUT2D eigenvalue weighted by atomic mass is 10.1. The third kappa shape index (κ3) is 3.35. The molecule has 0 saturated heterocycles. The largest absolute Gasteiger partial charge is 0.322 e. The summed E-state index contributed by atoms with van der Waals surface area (Å²) in [7, 11) is 0. The summed E-state index contributed by atoms with van der Waals surface area (Å²) >= 11 is 0. The number of aryl methyl sites for hydroxylation is 1. The van der Waals surface area contributed by atoms with Crippen LogP contribution in [-0.4, -0.2) is 15.5 Å². The van der Waals surface area contributed by atoms with Crippen molar-refractivity contribution in [3.63, 3.8) is 0 Å². The Hall–Kier alpha value is -3.61. The summed E-state index contributed by atoms with van der Waals surface area (Å²) in [5.41, 5.74) is 2.93. The maximum absolute atomic E-state index is 13.8. The van der Waals surface area contributed by atoms with Crippen molar-refractivity contribution in [2.24, 2.45) is 0 Å². The molecular weight excluding hydrogens is 379 g/mol. The van der Waals surface area contributed by atoms with Crippen LogP contribution in [0.4, 0.5) is 18.9 Å². The highest BCUT2D eigenvalue weighted by atomic mass is 19.2. The fourth-order valence-electron chi connectivity index (χ4n) is 3.30. The highest BCUT2D eigenvalue weighted by molar-refractivity contribution is 6.04. The number of aromatic nitrogens is 2. The van der Waals surface area contributed by atoms with Crippen molar-refractivity contribution >= 4 is 22.6 Å². The highest BCUT2D eigenvalue weighted by Gasteiger charge is 2.17. The molecule has 4 rings (SSSR count). The number of amides is 1. The molecule has 0 unspecified atom stereocenters. The lowest BCUT2D eigenvalue weighted by Gasteiger charge is -2.13. The minimum atomic E-state index is -1.20. The van der Waals surface area contributed by atoms with Crippen molar-refractivity contribution in [3.8, 4) is 5.69 Å². The Morgan fingerprint density at radius 1 is 1.07 bits per heavy atom. The van der Waals surface area contributed by atoms with Gasteiger partial charge in [-0.15, -0.1) is 0 Å². The summed E-state index contributed by atoms with van der Waals surface area (Å²) < 4.78 is 42.5. The number of hydrogen-bond donors (Lipinski definition) is 1. The van der Waals surface area contributed by atoms with Gasteiger partial charge in [-0.25, -0.2) is 18.2 Å². The number of benzene rings is 3. The molecule has 1 heterocycles. The van der Waals surface area contributed by atoms with Gasteiger partial charge in [-0.3, -0.25) is 9.36 Å². The second kappa shape index (κ2) is 7.43. The first-order valence-electron chi connectivity index (χ1n) is 8.88. The molecule has 0 aliphatic heterocycles. The molecule has 0 spiro atoms. The first kappa shape index (κ1) is 18.7. The van der Waals surface area contributed by atoms with E-state index in [2.05, 4.69) is 10.3 Å². The molecular formula is C22H16F3N3O. The van der Waals surface area contributed by atoms with Crippen LogP contribution < -0.4 is 5.32 Å². The van der Waals surface area contributed by atoms with Gasteiger partial charge in [0.2, 0.25) is 0 Å². The van der Waals surface area contributed by atoms with E-state index in [0.29, 0.717) is 16.9 Å². The maximum Gasteiger partial charge on any atom is 0.258 e. The fraction of sp³-hybridized carbons (Fsp3) is 0.0909. The molecule has 29 heavy (non-hydrogen) atoms. The van der Waals surface area contributed by atoms with E-state index >= 15 is 0 Å². The van der Waals surface area contributed by atoms with Gasteiger partial charge in [-0.1, -0.05) is 18.2 Å². The number of carbonyl (C=O) groups excluding carboxylic acids is 1. The van der Waals surface area contributed by atoms with Gasteiger partial charge >= 0.3 is 0 Å². The monoisotopic (exact) mass is 395 g/mol. The summed E-state index contributed by atoms with van der Waals surface area (Å²) in [6.07, 6.45) is 0. The van der Waals surface area contributed by atoms with Crippen molar-refractivity contribution < 1.29 is 18.0 Å². The summed E-state index contributed by atoms with van der Waals surface area (Å²) in [5.74, 6) is -2.77. The van der Waals surface area contributed by atoms with Crippen molar-refractivity contribution in [1.82, 2.24) is 9.55 Å². The Morgan fingerprint density at radius 3 is 2.62 bits per heavy atom. The number of nitrogens with one attached hydrogen (secondary N) is 1. The van der Waals surface area contributed by atoms with Crippen molar-refractivity contribution in [2.75, 3.05) is 5.32 Å². The maximum atomic E-state index is 13.8. The molecule has 146 valence electrons. The van der Waals surface area contributed by atoms with Crippen LogP contribution in [0.3, 0.4) is 0 Å². The zero-order chi connectivity index (χ0) is 20.5. The van der Waals surface area contributed by atoms with Gasteiger partial charge in [-0.05, 0) is 55.0 Å². The molecule has 0 saturated carbocycles. The number of imidazole rings is 1. The molecule has 1 N–H and O–H groups in total. The molecule has 1 amide bonds. The molecule has 0 atom stereocenters. The lowest BCUT2D eigenvalue weighted by Crippen LogP contribution is -2.15. The van der Waals surface area contributed by atoms with E-state index in [1.807, 2.05) is 31.2 Å². The molecule has 0 aliphatic rings. The third-order valence-corrected chi connectivity index (χ3v) is 4.64. The predicted octanol–water partition coefficient (Wildman–Crippen LogP) is 5.33. The van der Waals surface area contributed by atoms with E-state index in [4.69, 9.17) is 0 Å². The van der Waals surface area contributed by atoms with Gasteiger partial charge in [-0.2, -0.15) is 0 Å². The first-order valence-corrected chi connectivity index (χ1v) is 8.88. The summed E-state index contributed by atoms with van der Waals surface area (Å²) in [6.45, 7) is 1.08. The van der Waals surface area contributed by atoms with Gasteiger partial charge in [0.05, 0.1) is 22.3 Å². The van der Waals surface area contributed by atoms with E-state index in [1.165, 1.54) is 12.1 Å². The van der Waals surface area contributed by atoms with Crippen LogP contribution in [0.1, 0.15) is 21.7 Å². The van der Waals surface area contributed by atoms with E-state index < -0.39 is 24.2 Å². The summed E-state index contributed by atoms with van der Waals surface area (Å²) in [5, 5.41) is 2.56. The number of rotatable bonds is 4. The minimum Gasteiger partial charge on any atom is -0.322 e. The fourth-order valence-corrected chi connectivity index (χ4v) is 3.30. The van der Waals surface area contributed by atoms with Gasteiger partial charge in [0, 0.05) is 5.69 Å². The van der Waals surface area contributed by atoms with E-state index in [9.17, 15) is 18.0 Å². The number of anilines is 1. The summed E-state index contributed by atoms with van der Waals surface area (Å²) in [6, 6.07) is 15.8. The van der Waals surface area contributed by atoms with E-state index in [0.717, 1.165) is 17.1 Å². The molecule has 0 aliphatic carbocycles. The molecule has 0 bridgehead atoms. The number of carbonyl (C=O) groups is 1. The van der Waals surface area contributed by atoms with Gasteiger partial charge in [0.1, 0.15) is 12.5 Å². The average Bonchev–Trinajstić information content (AvgIpc) is 3.08. The number of para-hydroxylation sites is 2. The van der Waals surface area contributed by atoms with Crippen molar-refractivity contribution in [1.29, 1.82) is 0 Å². The standard InChI is InChI=1S/C22H16F3N3O/c1-13-11-14(26-22(29)15-5-4-6-16(24)21(15)25)9-10-18(13)28-19-8-3-2-7-17(19)27-20(28)12-23/h2-11H,12H2,1H3,(H,26,29). The number of alkyl halides is 1. The number of halogens is 3. The van der Waals surface area contributed by atoms with Crippen LogP contribution in [-0.2, 0) is 6.67 Å². The quantitative estimate of drug-likeness (QED) is 0.507. The Morgan fingerprint density at radius 2 is 1.86 bits per heavy atom. The second-order valence-corrected chi connectivity index (χ2v) is 6.54. The Bertz CT molecular complexity index is 1230. The van der Waals surface area contributed by atoms with Gasteiger partial charge in [0.15, 0.2) is 11.6 Å². The number of nitrogens with zero attached hydrogens (tertiary/aromatic N) is 2. The molecule has 4 nitrogen and oxygen atoms in total. The van der Waals surface area contributed by atoms with Gasteiger partial charge in [0.25, 0.3) is 5.91 Å². The first-order chi connectivity index (χ1) is 14.0. The molecule has 0 radical (unpaired) electrons. The Labute approximate surface area is 164 Å². The zero-order valence-corrected chi connectivity index (χ0v) is 15.4. The minimum absolute atomic E-state index is 0.271. The molecule has 1 aromatic heterocycles. The van der Waals surface area contributed by atoms with Gasteiger partial charge < -0.3 is 5.32 Å². The number of fused-ring (bicyclic) bond motifs is 1. The van der Waals surface area contributed by atoms with Crippen LogP contribution >= 0.6 is 0 Å². The zero-order valence-electron chi connectivity index (χ0n) is 15.4. The molecule has 0 fully saturated rings. The topological polar surface area (TPSA) is 46.9 Å². The average molecular weight is 395 g/mol. The van der Waals surface area contributed by atoms with Crippen LogP contribution in [0.25, 0.3) is 16.7 Å². The van der Waals surface area contributed by atoms with Crippen molar-refractivity contribution in [2.45, 2.75) is 13.6 Å². The van der Waals surface area contributed by atoms with E-state index in [-0.39, 0.29) is 11.4 Å². The van der Waals surface area contributed by atoms with Crippen molar-refractivity contribution in [3.05, 3.63) is 89.2 Å². The Balaban J connectivity index is 1.69. The normalized spacial score (nSPS) is 11.0. The van der Waals surface area contributed by atoms with E-state index in [1.54, 1.807) is 22.8 Å². The SMILES string of the molecule is Cc1cc(NC(=O)c2cccc(F)c2F)ccc1-n1c(CF)nc2ccccc21. The van der Waals surface area contributed by atoms with Crippen LogP contribution in [0.2, 0.25) is 0 Å². The molecule has 7 heteroatoms. The molecule has 4 aromatic rings.